The van der Waals surface area contributed by atoms with Gasteiger partial charge in [0.1, 0.15) is 18.5 Å². The average Bonchev–Trinajstić information content (AvgIpc) is 2.79. The van der Waals surface area contributed by atoms with Gasteiger partial charge in [-0.1, -0.05) is 19.4 Å². The standard InChI is InChI=1S/C25H39N5O5/c1-7-13-25(3,4)29(5)24(33)34-15-20(30(6)27)22(26)19-11-12-21(16(2)28-19)35-18-10-8-9-17(14-18)23(31)32/h9,11-12,18H,7-8,10,13-15,26-27H2,1-6H3,(H,31,32)/b22-20-. The van der Waals surface area contributed by atoms with Gasteiger partial charge in [-0.15, -0.1) is 0 Å². The lowest BCUT2D eigenvalue weighted by Gasteiger charge is -2.35. The van der Waals surface area contributed by atoms with Crippen LogP contribution in [0.3, 0.4) is 0 Å². The Morgan fingerprint density at radius 2 is 1.97 bits per heavy atom. The summed E-state index contributed by atoms with van der Waals surface area (Å²) in [5.41, 5.74) is 8.15. The lowest BCUT2D eigenvalue weighted by atomic mass is 9.97. The molecular weight excluding hydrogens is 450 g/mol. The monoisotopic (exact) mass is 489 g/mol. The maximum absolute atomic E-state index is 12.6. The topological polar surface area (TPSA) is 144 Å². The second kappa shape index (κ2) is 11.9. The van der Waals surface area contributed by atoms with E-state index in [0.717, 1.165) is 19.3 Å². The largest absolute Gasteiger partial charge is 0.488 e. The predicted molar refractivity (Wildman–Crippen MR) is 134 cm³/mol. The molecule has 0 saturated heterocycles. The van der Waals surface area contributed by atoms with Gasteiger partial charge in [0.25, 0.3) is 0 Å². The first-order valence-corrected chi connectivity index (χ1v) is 11.8. The van der Waals surface area contributed by atoms with Crippen molar-refractivity contribution in [3.05, 3.63) is 40.9 Å². The molecule has 1 amide bonds. The molecule has 0 radical (unpaired) electrons. The Morgan fingerprint density at radius 3 is 2.54 bits per heavy atom. The minimum absolute atomic E-state index is 0.116. The second-order valence-corrected chi connectivity index (χ2v) is 9.48. The van der Waals surface area contributed by atoms with E-state index in [1.165, 1.54) is 5.01 Å². The Morgan fingerprint density at radius 1 is 1.29 bits per heavy atom. The number of aromatic nitrogens is 1. The lowest BCUT2D eigenvalue weighted by Crippen LogP contribution is -2.45. The van der Waals surface area contributed by atoms with Crippen LogP contribution in [0.25, 0.3) is 5.70 Å². The molecular formula is C25H39N5O5. The van der Waals surface area contributed by atoms with E-state index < -0.39 is 12.1 Å². The van der Waals surface area contributed by atoms with Crippen molar-refractivity contribution < 1.29 is 24.2 Å². The molecule has 5 N–H and O–H groups in total. The van der Waals surface area contributed by atoms with Gasteiger partial charge in [0.15, 0.2) is 0 Å². The molecule has 1 aliphatic rings. The fourth-order valence-electron chi connectivity index (χ4n) is 3.92. The summed E-state index contributed by atoms with van der Waals surface area (Å²) in [6, 6.07) is 3.46. The van der Waals surface area contributed by atoms with Crippen LogP contribution in [0.1, 0.15) is 64.3 Å². The quantitative estimate of drug-likeness (QED) is 0.332. The van der Waals surface area contributed by atoms with Crippen LogP contribution in [0.2, 0.25) is 0 Å². The van der Waals surface area contributed by atoms with Gasteiger partial charge in [-0.05, 0) is 52.2 Å². The number of nitrogens with zero attached hydrogens (tertiary/aromatic N) is 3. The fourth-order valence-corrected chi connectivity index (χ4v) is 3.92. The summed E-state index contributed by atoms with van der Waals surface area (Å²) in [5, 5.41) is 10.5. The molecule has 0 aromatic carbocycles. The van der Waals surface area contributed by atoms with Crippen molar-refractivity contribution in [3.63, 3.8) is 0 Å². The molecule has 0 fully saturated rings. The van der Waals surface area contributed by atoms with E-state index in [4.69, 9.17) is 21.1 Å². The fraction of sp³-hybridized carbons (Fsp3) is 0.560. The maximum Gasteiger partial charge on any atom is 0.410 e. The number of carbonyl (C=O) groups is 2. The molecule has 0 bridgehead atoms. The zero-order valence-electron chi connectivity index (χ0n) is 21.6. The maximum atomic E-state index is 12.6. The molecule has 10 heteroatoms. The number of aryl methyl sites for hydroxylation is 1. The number of carbonyl (C=O) groups excluding carboxylic acids is 1. The van der Waals surface area contributed by atoms with E-state index in [0.29, 0.717) is 41.2 Å². The van der Waals surface area contributed by atoms with Gasteiger partial charge >= 0.3 is 12.1 Å². The Kier molecular flexibility index (Phi) is 9.53. The predicted octanol–water partition coefficient (Wildman–Crippen LogP) is 3.41. The molecule has 0 spiro atoms. The SMILES string of the molecule is CCCC(C)(C)N(C)C(=O)OC/C(=C(/N)c1ccc(OC2CCC=C(C(=O)O)C2)c(C)n1)N(C)N. The van der Waals surface area contributed by atoms with Crippen molar-refractivity contribution in [2.24, 2.45) is 11.6 Å². The number of hydrogen-bond donors (Lipinski definition) is 3. The van der Waals surface area contributed by atoms with E-state index >= 15 is 0 Å². The lowest BCUT2D eigenvalue weighted by molar-refractivity contribution is -0.133. The molecule has 35 heavy (non-hydrogen) atoms. The highest BCUT2D eigenvalue weighted by atomic mass is 16.6. The van der Waals surface area contributed by atoms with Gasteiger partial charge < -0.3 is 30.2 Å². The molecule has 0 saturated carbocycles. The van der Waals surface area contributed by atoms with Crippen molar-refractivity contribution in [3.8, 4) is 5.75 Å². The van der Waals surface area contributed by atoms with Crippen LogP contribution in [0.4, 0.5) is 4.79 Å². The summed E-state index contributed by atoms with van der Waals surface area (Å²) in [6.07, 6.45) is 4.55. The molecule has 194 valence electrons. The van der Waals surface area contributed by atoms with Crippen molar-refractivity contribution in [2.75, 3.05) is 20.7 Å². The molecule has 10 nitrogen and oxygen atoms in total. The average molecular weight is 490 g/mol. The van der Waals surface area contributed by atoms with Crippen LogP contribution in [-0.2, 0) is 9.53 Å². The molecule has 1 atom stereocenters. The molecule has 1 aromatic heterocycles. The number of aliphatic carboxylic acids is 1. The summed E-state index contributed by atoms with van der Waals surface area (Å²) in [7, 11) is 3.32. The van der Waals surface area contributed by atoms with Crippen LogP contribution in [0.5, 0.6) is 5.75 Å². The van der Waals surface area contributed by atoms with Gasteiger partial charge in [-0.3, -0.25) is 0 Å². The zero-order chi connectivity index (χ0) is 26.3. The van der Waals surface area contributed by atoms with Crippen LogP contribution < -0.4 is 16.3 Å². The highest BCUT2D eigenvalue weighted by Crippen LogP contribution is 2.27. The molecule has 1 unspecified atom stereocenters. The van der Waals surface area contributed by atoms with Gasteiger partial charge in [0.2, 0.25) is 0 Å². The number of carboxylic acids is 1. The molecule has 1 heterocycles. The summed E-state index contributed by atoms with van der Waals surface area (Å²) < 4.78 is 11.5. The summed E-state index contributed by atoms with van der Waals surface area (Å²) in [5.74, 6) is 5.63. The van der Waals surface area contributed by atoms with Crippen LogP contribution in [0, 0.1) is 6.92 Å². The third-order valence-corrected chi connectivity index (χ3v) is 6.32. The van der Waals surface area contributed by atoms with Crippen LogP contribution in [0.15, 0.2) is 29.5 Å². The van der Waals surface area contributed by atoms with Gasteiger partial charge in [-0.25, -0.2) is 20.4 Å². The van der Waals surface area contributed by atoms with E-state index in [-0.39, 0.29) is 23.9 Å². The third-order valence-electron chi connectivity index (χ3n) is 6.32. The molecule has 0 aliphatic heterocycles. The van der Waals surface area contributed by atoms with Crippen molar-refractivity contribution >= 4 is 17.8 Å². The number of nitrogens with two attached hydrogens (primary N) is 2. The number of carboxylic acid groups (broad SMARTS) is 1. The van der Waals surface area contributed by atoms with Gasteiger partial charge in [0, 0.05) is 31.6 Å². The highest BCUT2D eigenvalue weighted by molar-refractivity contribution is 5.86. The molecule has 2 rings (SSSR count). The number of rotatable bonds is 10. The summed E-state index contributed by atoms with van der Waals surface area (Å²) in [4.78, 5) is 30.0. The van der Waals surface area contributed by atoms with Crippen molar-refractivity contribution in [2.45, 2.75) is 71.4 Å². The van der Waals surface area contributed by atoms with Crippen LogP contribution >= 0.6 is 0 Å². The van der Waals surface area contributed by atoms with E-state index in [1.54, 1.807) is 44.1 Å². The van der Waals surface area contributed by atoms with E-state index in [2.05, 4.69) is 11.9 Å². The number of hydrogen-bond acceptors (Lipinski definition) is 8. The van der Waals surface area contributed by atoms with Crippen molar-refractivity contribution in [1.29, 1.82) is 0 Å². The Bertz CT molecular complexity index is 986. The first-order valence-electron chi connectivity index (χ1n) is 11.8. The minimum atomic E-state index is -0.916. The van der Waals surface area contributed by atoms with Gasteiger partial charge in [0.05, 0.1) is 22.8 Å². The Balaban J connectivity index is 2.15. The normalized spacial score (nSPS) is 16.7. The smallest absolute Gasteiger partial charge is 0.410 e. The second-order valence-electron chi connectivity index (χ2n) is 9.48. The number of allylic oxidation sites excluding steroid dienone is 1. The first kappa shape index (κ1) is 28.0. The minimum Gasteiger partial charge on any atom is -0.488 e. The molecule has 1 aliphatic carbocycles. The van der Waals surface area contributed by atoms with Crippen molar-refractivity contribution in [1.82, 2.24) is 14.9 Å². The summed E-state index contributed by atoms with van der Waals surface area (Å²) >= 11 is 0. The number of amides is 1. The summed E-state index contributed by atoms with van der Waals surface area (Å²) in [6.45, 7) is 7.71. The highest BCUT2D eigenvalue weighted by Gasteiger charge is 2.28. The Hall–Kier alpha value is -3.27. The number of hydrazine groups is 1. The van der Waals surface area contributed by atoms with E-state index in [1.807, 2.05) is 13.8 Å². The zero-order valence-corrected chi connectivity index (χ0v) is 21.6. The van der Waals surface area contributed by atoms with Gasteiger partial charge in [-0.2, -0.15) is 0 Å². The van der Waals surface area contributed by atoms with Crippen LogP contribution in [-0.4, -0.2) is 64.4 Å². The van der Waals surface area contributed by atoms with E-state index in [9.17, 15) is 14.7 Å². The first-order chi connectivity index (χ1) is 16.4. The molecule has 1 aromatic rings. The number of likely N-dealkylation sites (N-methyl/N-ethyl adjacent to an activating group) is 1. The number of ether oxygens (including phenoxy) is 2. The number of pyridine rings is 1. The Labute approximate surface area is 207 Å². The third kappa shape index (κ3) is 7.35.